The van der Waals surface area contributed by atoms with Crippen LogP contribution in [0.1, 0.15) is 15.9 Å². The minimum absolute atomic E-state index is 0.191. The van der Waals surface area contributed by atoms with E-state index < -0.39 is 5.82 Å². The number of amides is 1. The zero-order valence-electron chi connectivity index (χ0n) is 16.4. The van der Waals surface area contributed by atoms with Gasteiger partial charge in [-0.05, 0) is 6.08 Å². The minimum atomic E-state index is -0.390. The number of carbonyl (C=O) groups is 1. The van der Waals surface area contributed by atoms with Crippen molar-refractivity contribution >= 4 is 11.7 Å². The second-order valence-corrected chi connectivity index (χ2v) is 8.06. The highest BCUT2D eigenvalue weighted by atomic mass is 19.1. The molecule has 5 heterocycles. The van der Waals surface area contributed by atoms with Crippen LogP contribution in [0.15, 0.2) is 37.3 Å². The lowest BCUT2D eigenvalue weighted by molar-refractivity contribution is 0.0966. The lowest BCUT2D eigenvalue weighted by Crippen LogP contribution is -2.29. The van der Waals surface area contributed by atoms with Crippen molar-refractivity contribution in [2.24, 2.45) is 18.9 Å². The monoisotopic (exact) mass is 394 g/mol. The number of pyridine rings is 1. The molecule has 2 saturated heterocycles. The number of aryl methyl sites for hydroxylation is 1. The number of hydrogen-bond donors (Lipinski definition) is 1. The molecule has 7 nitrogen and oxygen atoms in total. The number of aromatic nitrogens is 3. The smallest absolute Gasteiger partial charge is 0.254 e. The van der Waals surface area contributed by atoms with Crippen molar-refractivity contribution in [2.75, 3.05) is 31.1 Å². The third kappa shape index (κ3) is 2.73. The molecule has 3 aliphatic heterocycles. The first-order valence-electron chi connectivity index (χ1n) is 9.77. The van der Waals surface area contributed by atoms with Crippen LogP contribution in [0.2, 0.25) is 0 Å². The van der Waals surface area contributed by atoms with E-state index in [9.17, 15) is 4.79 Å². The highest BCUT2D eigenvalue weighted by Crippen LogP contribution is 2.39. The zero-order valence-corrected chi connectivity index (χ0v) is 16.4. The van der Waals surface area contributed by atoms with Gasteiger partial charge in [0, 0.05) is 74.6 Å². The summed E-state index contributed by atoms with van der Waals surface area (Å²) in [4.78, 5) is 21.3. The van der Waals surface area contributed by atoms with E-state index in [4.69, 9.17) is 0 Å². The van der Waals surface area contributed by atoms with Crippen molar-refractivity contribution in [1.82, 2.24) is 25.0 Å². The molecule has 2 aromatic rings. The number of likely N-dealkylation sites (tertiary alicyclic amines) is 1. The van der Waals surface area contributed by atoms with E-state index in [1.54, 1.807) is 30.2 Å². The summed E-state index contributed by atoms with van der Waals surface area (Å²) in [6.07, 6.45) is 5.24. The number of allylic oxidation sites excluding steroid dienone is 1. The van der Waals surface area contributed by atoms with E-state index in [1.807, 2.05) is 4.90 Å². The predicted octanol–water partition coefficient (Wildman–Crippen LogP) is 1.93. The Morgan fingerprint density at radius 3 is 2.66 bits per heavy atom. The van der Waals surface area contributed by atoms with E-state index in [0.29, 0.717) is 34.5 Å². The summed E-state index contributed by atoms with van der Waals surface area (Å²) in [7, 11) is 1.80. The third-order valence-corrected chi connectivity index (χ3v) is 6.28. The SMILES string of the molecule is C=CC(=C)N1CC2CN(c3nc(-c4cnn(C)c4)c4c(c3F)CNC4=O)CC2C1. The van der Waals surface area contributed by atoms with E-state index in [0.717, 1.165) is 37.4 Å². The van der Waals surface area contributed by atoms with E-state index >= 15 is 4.39 Å². The molecule has 150 valence electrons. The van der Waals surface area contributed by atoms with Crippen LogP contribution in [-0.4, -0.2) is 51.8 Å². The van der Waals surface area contributed by atoms with Crippen LogP contribution in [-0.2, 0) is 13.6 Å². The van der Waals surface area contributed by atoms with Gasteiger partial charge in [0.15, 0.2) is 11.6 Å². The second-order valence-electron chi connectivity index (χ2n) is 8.06. The van der Waals surface area contributed by atoms with Gasteiger partial charge in [-0.25, -0.2) is 9.37 Å². The van der Waals surface area contributed by atoms with Crippen molar-refractivity contribution in [3.05, 3.63) is 54.3 Å². The molecule has 0 bridgehead atoms. The number of anilines is 1. The van der Waals surface area contributed by atoms with Crippen molar-refractivity contribution in [3.63, 3.8) is 0 Å². The average molecular weight is 394 g/mol. The topological polar surface area (TPSA) is 66.3 Å². The fraction of sp³-hybridized carbons (Fsp3) is 0.381. The summed E-state index contributed by atoms with van der Waals surface area (Å²) in [5, 5.41) is 6.92. The normalized spacial score (nSPS) is 22.6. The largest absolute Gasteiger partial charge is 0.371 e. The lowest BCUT2D eigenvalue weighted by atomic mass is 10.0. The standard InChI is InChI=1S/C21H23FN6O/c1-4-12(2)27-8-14-10-28(11-15(14)9-27)20-18(22)16-6-23-21(29)17(16)19(25-20)13-5-24-26(3)7-13/h4-5,7,14-15H,1-2,6,8-11H2,3H3,(H,23,29). The second kappa shape index (κ2) is 6.43. The van der Waals surface area contributed by atoms with Crippen molar-refractivity contribution in [1.29, 1.82) is 0 Å². The van der Waals surface area contributed by atoms with Crippen LogP contribution in [0.4, 0.5) is 10.2 Å². The molecule has 29 heavy (non-hydrogen) atoms. The quantitative estimate of drug-likeness (QED) is 0.803. The van der Waals surface area contributed by atoms with Crippen LogP contribution < -0.4 is 10.2 Å². The maximum absolute atomic E-state index is 15.4. The fourth-order valence-corrected chi connectivity index (χ4v) is 4.76. The maximum atomic E-state index is 15.4. The van der Waals surface area contributed by atoms with Gasteiger partial charge in [0.05, 0.1) is 17.5 Å². The van der Waals surface area contributed by atoms with Crippen LogP contribution in [0, 0.1) is 17.7 Å². The van der Waals surface area contributed by atoms with Crippen molar-refractivity contribution < 1.29 is 9.18 Å². The molecule has 3 aliphatic rings. The number of rotatable bonds is 4. The number of halogens is 1. The molecule has 2 fully saturated rings. The van der Waals surface area contributed by atoms with Crippen LogP contribution in [0.3, 0.4) is 0 Å². The van der Waals surface area contributed by atoms with Gasteiger partial charge in [-0.3, -0.25) is 9.48 Å². The molecule has 5 rings (SSSR count). The van der Waals surface area contributed by atoms with Gasteiger partial charge in [-0.15, -0.1) is 0 Å². The summed E-state index contributed by atoms with van der Waals surface area (Å²) >= 11 is 0. The first kappa shape index (κ1) is 17.9. The summed E-state index contributed by atoms with van der Waals surface area (Å²) < 4.78 is 17.0. The van der Waals surface area contributed by atoms with Crippen LogP contribution in [0.25, 0.3) is 11.3 Å². The molecule has 0 spiro atoms. The Balaban J connectivity index is 1.50. The molecule has 2 atom stereocenters. The van der Waals surface area contributed by atoms with E-state index in [1.165, 1.54) is 0 Å². The number of carbonyl (C=O) groups excluding carboxylic acids is 1. The van der Waals surface area contributed by atoms with Crippen LogP contribution in [0.5, 0.6) is 0 Å². The van der Waals surface area contributed by atoms with E-state index in [2.05, 4.69) is 33.5 Å². The lowest BCUT2D eigenvalue weighted by Gasteiger charge is -2.25. The molecule has 0 aliphatic carbocycles. The summed E-state index contributed by atoms with van der Waals surface area (Å²) in [5.74, 6) is 0.528. The Hall–Kier alpha value is -3.16. The molecular weight excluding hydrogens is 371 g/mol. The number of nitrogens with zero attached hydrogens (tertiary/aromatic N) is 5. The van der Waals surface area contributed by atoms with Gasteiger partial charge in [-0.1, -0.05) is 13.2 Å². The first-order chi connectivity index (χ1) is 14.0. The number of nitrogens with one attached hydrogen (secondary N) is 1. The van der Waals surface area contributed by atoms with Gasteiger partial charge in [-0.2, -0.15) is 5.10 Å². The Morgan fingerprint density at radius 2 is 2.03 bits per heavy atom. The number of hydrogen-bond acceptors (Lipinski definition) is 5. The summed E-state index contributed by atoms with van der Waals surface area (Å²) in [6.45, 7) is 11.3. The Bertz CT molecular complexity index is 1030. The van der Waals surface area contributed by atoms with Gasteiger partial charge in [0.2, 0.25) is 0 Å². The molecule has 0 saturated carbocycles. The molecule has 1 amide bonds. The third-order valence-electron chi connectivity index (χ3n) is 6.28. The molecule has 0 aromatic carbocycles. The maximum Gasteiger partial charge on any atom is 0.254 e. The zero-order chi connectivity index (χ0) is 20.3. The molecule has 0 radical (unpaired) electrons. The molecule has 2 unspecified atom stereocenters. The summed E-state index contributed by atoms with van der Waals surface area (Å²) in [5.41, 5.74) is 2.88. The Labute approximate surface area is 168 Å². The average Bonchev–Trinajstić information content (AvgIpc) is 3.45. The van der Waals surface area contributed by atoms with Gasteiger partial charge in [0.25, 0.3) is 5.91 Å². The molecule has 1 N–H and O–H groups in total. The minimum Gasteiger partial charge on any atom is -0.371 e. The van der Waals surface area contributed by atoms with Gasteiger partial charge in [0.1, 0.15) is 0 Å². The fourth-order valence-electron chi connectivity index (χ4n) is 4.76. The Kier molecular flexibility index (Phi) is 3.97. The Morgan fingerprint density at radius 1 is 1.31 bits per heavy atom. The predicted molar refractivity (Wildman–Crippen MR) is 108 cm³/mol. The van der Waals surface area contributed by atoms with Crippen molar-refractivity contribution in [2.45, 2.75) is 6.54 Å². The highest BCUT2D eigenvalue weighted by molar-refractivity contribution is 6.04. The number of fused-ring (bicyclic) bond motifs is 2. The van der Waals surface area contributed by atoms with Crippen LogP contribution >= 0.6 is 0 Å². The highest BCUT2D eigenvalue weighted by Gasteiger charge is 2.42. The molecular formula is C21H23FN6O. The molecule has 2 aromatic heterocycles. The van der Waals surface area contributed by atoms with Gasteiger partial charge < -0.3 is 15.1 Å². The summed E-state index contributed by atoms with van der Waals surface area (Å²) in [6, 6.07) is 0. The van der Waals surface area contributed by atoms with E-state index in [-0.39, 0.29) is 12.5 Å². The van der Waals surface area contributed by atoms with Gasteiger partial charge >= 0.3 is 0 Å². The molecule has 8 heteroatoms. The first-order valence-corrected chi connectivity index (χ1v) is 9.77. The van der Waals surface area contributed by atoms with Crippen molar-refractivity contribution in [3.8, 4) is 11.3 Å².